The first-order chi connectivity index (χ1) is 7.99. The molecule has 17 heavy (non-hydrogen) atoms. The van der Waals surface area contributed by atoms with Gasteiger partial charge in [0.15, 0.2) is 6.61 Å². The van der Waals surface area contributed by atoms with E-state index in [2.05, 4.69) is 9.94 Å². The van der Waals surface area contributed by atoms with Crippen LogP contribution in [0.15, 0.2) is 12.4 Å². The Morgan fingerprint density at radius 2 is 2.35 bits per heavy atom. The molecule has 0 spiro atoms. The molecule has 0 unspecified atom stereocenters. The zero-order chi connectivity index (χ0) is 12.8. The number of aryl methyl sites for hydroxylation is 1. The van der Waals surface area contributed by atoms with Crippen molar-refractivity contribution >= 4 is 12.0 Å². The van der Waals surface area contributed by atoms with E-state index in [1.165, 1.54) is 4.90 Å². The monoisotopic (exact) mass is 242 g/mol. The van der Waals surface area contributed by atoms with Crippen LogP contribution in [-0.4, -0.2) is 45.4 Å². The number of aromatic nitrogens is 2. The SMILES string of the molecule is CN(Cc1cnn(C)c1)C(=O)NOCC(=O)O. The van der Waals surface area contributed by atoms with Crippen molar-refractivity contribution in [1.82, 2.24) is 20.2 Å². The highest BCUT2D eigenvalue weighted by Crippen LogP contribution is 2.00. The molecule has 0 fully saturated rings. The first-order valence-corrected chi connectivity index (χ1v) is 4.81. The van der Waals surface area contributed by atoms with Crippen molar-refractivity contribution in [2.24, 2.45) is 7.05 Å². The van der Waals surface area contributed by atoms with Crippen LogP contribution < -0.4 is 5.48 Å². The lowest BCUT2D eigenvalue weighted by molar-refractivity contribution is -0.144. The lowest BCUT2D eigenvalue weighted by atomic mass is 10.3. The number of hydrogen-bond donors (Lipinski definition) is 2. The number of carboxylic acid groups (broad SMARTS) is 1. The van der Waals surface area contributed by atoms with Gasteiger partial charge in [0, 0.05) is 25.9 Å². The van der Waals surface area contributed by atoms with E-state index in [1.807, 2.05) is 5.48 Å². The summed E-state index contributed by atoms with van der Waals surface area (Å²) in [7, 11) is 3.34. The Morgan fingerprint density at radius 3 is 2.88 bits per heavy atom. The molecule has 0 aromatic carbocycles. The molecule has 0 atom stereocenters. The summed E-state index contributed by atoms with van der Waals surface area (Å²) in [6.07, 6.45) is 3.42. The van der Waals surface area contributed by atoms with Crippen molar-refractivity contribution in [3.05, 3.63) is 18.0 Å². The zero-order valence-electron chi connectivity index (χ0n) is 9.58. The van der Waals surface area contributed by atoms with Gasteiger partial charge in [-0.15, -0.1) is 0 Å². The number of hydroxylamine groups is 1. The number of hydrogen-bond acceptors (Lipinski definition) is 4. The molecular weight excluding hydrogens is 228 g/mol. The van der Waals surface area contributed by atoms with E-state index in [1.54, 1.807) is 31.2 Å². The van der Waals surface area contributed by atoms with Gasteiger partial charge in [-0.3, -0.25) is 9.52 Å². The number of amides is 2. The normalized spacial score (nSPS) is 10.0. The van der Waals surface area contributed by atoms with Crippen LogP contribution in [0.2, 0.25) is 0 Å². The molecule has 0 saturated carbocycles. The molecule has 1 heterocycles. The fraction of sp³-hybridized carbons (Fsp3) is 0.444. The fourth-order valence-corrected chi connectivity index (χ4v) is 1.14. The predicted octanol–water partition coefficient (Wildman–Crippen LogP) is -0.422. The summed E-state index contributed by atoms with van der Waals surface area (Å²) >= 11 is 0. The van der Waals surface area contributed by atoms with Crippen molar-refractivity contribution in [1.29, 1.82) is 0 Å². The quantitative estimate of drug-likeness (QED) is 0.683. The second-order valence-corrected chi connectivity index (χ2v) is 3.47. The van der Waals surface area contributed by atoms with Gasteiger partial charge in [0.1, 0.15) is 0 Å². The second-order valence-electron chi connectivity index (χ2n) is 3.47. The van der Waals surface area contributed by atoms with Gasteiger partial charge >= 0.3 is 12.0 Å². The number of carbonyl (C=O) groups is 2. The van der Waals surface area contributed by atoms with Crippen molar-refractivity contribution in [2.75, 3.05) is 13.7 Å². The van der Waals surface area contributed by atoms with E-state index in [0.29, 0.717) is 6.54 Å². The third-order valence-electron chi connectivity index (χ3n) is 1.88. The maximum Gasteiger partial charge on any atom is 0.341 e. The van der Waals surface area contributed by atoms with Gasteiger partial charge in [-0.25, -0.2) is 15.1 Å². The van der Waals surface area contributed by atoms with E-state index in [4.69, 9.17) is 5.11 Å². The van der Waals surface area contributed by atoms with E-state index in [9.17, 15) is 9.59 Å². The maximum atomic E-state index is 11.4. The third-order valence-corrected chi connectivity index (χ3v) is 1.88. The lowest BCUT2D eigenvalue weighted by Crippen LogP contribution is -2.37. The molecule has 8 nitrogen and oxygen atoms in total. The van der Waals surface area contributed by atoms with Gasteiger partial charge in [-0.05, 0) is 0 Å². The molecule has 1 aromatic heterocycles. The number of nitrogens with one attached hydrogen (secondary N) is 1. The summed E-state index contributed by atoms with van der Waals surface area (Å²) in [6, 6.07) is -0.518. The molecule has 1 aromatic rings. The van der Waals surface area contributed by atoms with Gasteiger partial charge < -0.3 is 10.0 Å². The molecule has 2 N–H and O–H groups in total. The number of nitrogens with zero attached hydrogens (tertiary/aromatic N) is 3. The fourth-order valence-electron chi connectivity index (χ4n) is 1.14. The van der Waals surface area contributed by atoms with Crippen molar-refractivity contribution < 1.29 is 19.5 Å². The minimum Gasteiger partial charge on any atom is -0.479 e. The van der Waals surface area contributed by atoms with E-state index < -0.39 is 18.6 Å². The summed E-state index contributed by atoms with van der Waals surface area (Å²) in [5.41, 5.74) is 2.88. The Morgan fingerprint density at radius 1 is 1.65 bits per heavy atom. The number of rotatable bonds is 5. The molecule has 0 radical (unpaired) electrons. The molecule has 0 bridgehead atoms. The minimum atomic E-state index is -1.15. The Balaban J connectivity index is 2.34. The number of urea groups is 1. The average molecular weight is 242 g/mol. The summed E-state index contributed by atoms with van der Waals surface area (Å²) in [6.45, 7) is -0.220. The van der Waals surface area contributed by atoms with E-state index in [-0.39, 0.29) is 0 Å². The number of carboxylic acids is 1. The van der Waals surface area contributed by atoms with Crippen LogP contribution in [0.4, 0.5) is 4.79 Å². The minimum absolute atomic E-state index is 0.357. The highest BCUT2D eigenvalue weighted by atomic mass is 16.7. The molecule has 1 rings (SSSR count). The van der Waals surface area contributed by atoms with Crippen LogP contribution in [0.3, 0.4) is 0 Å². The molecule has 2 amide bonds. The number of aliphatic carboxylic acids is 1. The van der Waals surface area contributed by atoms with Gasteiger partial charge in [-0.2, -0.15) is 5.10 Å². The Bertz CT molecular complexity index is 403. The lowest BCUT2D eigenvalue weighted by Gasteiger charge is -2.16. The maximum absolute atomic E-state index is 11.4. The van der Waals surface area contributed by atoms with Crippen LogP contribution in [0.5, 0.6) is 0 Å². The second kappa shape index (κ2) is 5.85. The van der Waals surface area contributed by atoms with Crippen molar-refractivity contribution in [3.8, 4) is 0 Å². The van der Waals surface area contributed by atoms with Crippen LogP contribution >= 0.6 is 0 Å². The Hall–Kier alpha value is -2.09. The summed E-state index contributed by atoms with van der Waals surface area (Å²) in [5.74, 6) is -1.15. The first kappa shape index (κ1) is 13.0. The zero-order valence-corrected chi connectivity index (χ0v) is 9.58. The summed E-state index contributed by atoms with van der Waals surface area (Å²) in [4.78, 5) is 27.4. The van der Waals surface area contributed by atoms with Crippen LogP contribution in [0, 0.1) is 0 Å². The predicted molar refractivity (Wildman–Crippen MR) is 56.8 cm³/mol. The molecule has 94 valence electrons. The van der Waals surface area contributed by atoms with Crippen LogP contribution in [-0.2, 0) is 23.2 Å². The summed E-state index contributed by atoms with van der Waals surface area (Å²) in [5, 5.41) is 12.3. The van der Waals surface area contributed by atoms with Crippen LogP contribution in [0.25, 0.3) is 0 Å². The highest BCUT2D eigenvalue weighted by Gasteiger charge is 2.10. The average Bonchev–Trinajstić information content (AvgIpc) is 2.63. The van der Waals surface area contributed by atoms with Gasteiger partial charge in [0.05, 0.1) is 12.7 Å². The topological polar surface area (TPSA) is 96.7 Å². The molecule has 8 heteroatoms. The van der Waals surface area contributed by atoms with Gasteiger partial charge in [0.2, 0.25) is 0 Å². The van der Waals surface area contributed by atoms with Crippen molar-refractivity contribution in [3.63, 3.8) is 0 Å². The Labute approximate surface area is 97.7 Å². The smallest absolute Gasteiger partial charge is 0.341 e. The van der Waals surface area contributed by atoms with Gasteiger partial charge in [-0.1, -0.05) is 0 Å². The highest BCUT2D eigenvalue weighted by molar-refractivity contribution is 5.73. The van der Waals surface area contributed by atoms with E-state index >= 15 is 0 Å². The third kappa shape index (κ3) is 4.51. The van der Waals surface area contributed by atoms with Crippen molar-refractivity contribution in [2.45, 2.75) is 6.54 Å². The van der Waals surface area contributed by atoms with Crippen LogP contribution in [0.1, 0.15) is 5.56 Å². The van der Waals surface area contributed by atoms with E-state index in [0.717, 1.165) is 5.56 Å². The first-order valence-electron chi connectivity index (χ1n) is 4.81. The Kier molecular flexibility index (Phi) is 4.46. The molecular formula is C9H14N4O4. The summed E-state index contributed by atoms with van der Waals surface area (Å²) < 4.78 is 1.63. The molecule has 0 saturated heterocycles. The molecule has 0 aliphatic rings. The molecule has 0 aliphatic heterocycles. The van der Waals surface area contributed by atoms with Gasteiger partial charge in [0.25, 0.3) is 0 Å². The molecule has 0 aliphatic carbocycles. The number of carbonyl (C=O) groups excluding carboxylic acids is 1. The largest absolute Gasteiger partial charge is 0.479 e. The standard InChI is InChI=1S/C9H14N4O4/c1-12(4-7-3-10-13(2)5-7)9(16)11-17-6-8(14)15/h3,5H,4,6H2,1-2H3,(H,11,16)(H,14,15).